The first kappa shape index (κ1) is 12.6. The van der Waals surface area contributed by atoms with E-state index >= 15 is 0 Å². The minimum Gasteiger partial charge on any atom is -0.326 e. The number of hydrogen-bond acceptors (Lipinski definition) is 1. The molecule has 3 heteroatoms. The summed E-state index contributed by atoms with van der Waals surface area (Å²) in [6.07, 6.45) is 3.83. The summed E-state index contributed by atoms with van der Waals surface area (Å²) in [5, 5.41) is 2.99. The molecule has 0 unspecified atom stereocenters. The highest BCUT2D eigenvalue weighted by Crippen LogP contribution is 2.40. The molecule has 1 aliphatic heterocycles. The normalized spacial score (nSPS) is 19.9. The van der Waals surface area contributed by atoms with Crippen molar-refractivity contribution in [2.45, 2.75) is 31.6 Å². The monoisotopic (exact) mass is 281 g/mol. The highest BCUT2D eigenvalue weighted by atomic mass is 19.1. The number of hydrogen-bond donors (Lipinski definition) is 1. The molecule has 1 heterocycles. The van der Waals surface area contributed by atoms with Crippen LogP contribution in [0.5, 0.6) is 0 Å². The van der Waals surface area contributed by atoms with Gasteiger partial charge in [-0.25, -0.2) is 4.39 Å². The van der Waals surface area contributed by atoms with Crippen molar-refractivity contribution in [3.63, 3.8) is 0 Å². The second kappa shape index (κ2) is 4.69. The number of carbonyl (C=O) groups excluding carboxylic acids is 1. The van der Waals surface area contributed by atoms with Gasteiger partial charge in [-0.3, -0.25) is 4.79 Å². The molecular weight excluding hydrogens is 265 g/mol. The van der Waals surface area contributed by atoms with Gasteiger partial charge in [0.25, 0.3) is 0 Å². The number of halogens is 1. The number of carbonyl (C=O) groups is 1. The minimum atomic E-state index is -0.242. The second-order valence-electron chi connectivity index (χ2n) is 5.92. The van der Waals surface area contributed by atoms with Crippen LogP contribution in [0, 0.1) is 5.82 Å². The van der Waals surface area contributed by atoms with Gasteiger partial charge in [-0.1, -0.05) is 18.2 Å². The molecule has 0 bridgehead atoms. The van der Waals surface area contributed by atoms with Gasteiger partial charge in [0, 0.05) is 18.0 Å². The summed E-state index contributed by atoms with van der Waals surface area (Å²) >= 11 is 0. The SMILES string of the molecule is O=C1C[C@H](c2ccc(F)cc2)c2cc3c(cc2N1)CCC3. The van der Waals surface area contributed by atoms with Crippen LogP contribution in [0.2, 0.25) is 0 Å². The molecule has 106 valence electrons. The summed E-state index contributed by atoms with van der Waals surface area (Å²) in [4.78, 5) is 12.0. The zero-order valence-corrected chi connectivity index (χ0v) is 11.7. The van der Waals surface area contributed by atoms with E-state index in [2.05, 4.69) is 17.4 Å². The Morgan fingerprint density at radius 1 is 1.05 bits per heavy atom. The van der Waals surface area contributed by atoms with Crippen LogP contribution >= 0.6 is 0 Å². The van der Waals surface area contributed by atoms with Crippen LogP contribution in [0.3, 0.4) is 0 Å². The first-order chi connectivity index (χ1) is 10.2. The number of anilines is 1. The van der Waals surface area contributed by atoms with Crippen molar-refractivity contribution in [2.24, 2.45) is 0 Å². The Hall–Kier alpha value is -2.16. The summed E-state index contributed by atoms with van der Waals surface area (Å²) in [5.74, 6) is -0.178. The van der Waals surface area contributed by atoms with Crippen LogP contribution in [-0.4, -0.2) is 5.91 Å². The van der Waals surface area contributed by atoms with Gasteiger partial charge in [0.1, 0.15) is 5.82 Å². The Balaban J connectivity index is 1.83. The lowest BCUT2D eigenvalue weighted by Gasteiger charge is -2.27. The van der Waals surface area contributed by atoms with Crippen LogP contribution in [-0.2, 0) is 17.6 Å². The molecule has 0 aromatic heterocycles. The fraction of sp³-hybridized carbons (Fsp3) is 0.278. The molecule has 2 aromatic carbocycles. The number of fused-ring (bicyclic) bond motifs is 2. The first-order valence-electron chi connectivity index (χ1n) is 7.42. The van der Waals surface area contributed by atoms with Crippen LogP contribution in [0.25, 0.3) is 0 Å². The number of rotatable bonds is 1. The molecule has 21 heavy (non-hydrogen) atoms. The highest BCUT2D eigenvalue weighted by molar-refractivity contribution is 5.95. The third-order valence-corrected chi connectivity index (χ3v) is 4.58. The van der Waals surface area contributed by atoms with Gasteiger partial charge in [0.2, 0.25) is 5.91 Å². The van der Waals surface area contributed by atoms with Crippen LogP contribution in [0.1, 0.15) is 41.0 Å². The van der Waals surface area contributed by atoms with E-state index in [4.69, 9.17) is 0 Å². The van der Waals surface area contributed by atoms with E-state index in [1.165, 1.54) is 35.2 Å². The average molecular weight is 281 g/mol. The van der Waals surface area contributed by atoms with Crippen molar-refractivity contribution in [1.82, 2.24) is 0 Å². The molecule has 0 fully saturated rings. The Bertz CT molecular complexity index is 721. The average Bonchev–Trinajstić information content (AvgIpc) is 2.92. The van der Waals surface area contributed by atoms with E-state index in [0.29, 0.717) is 6.42 Å². The van der Waals surface area contributed by atoms with E-state index in [1.807, 2.05) is 0 Å². The van der Waals surface area contributed by atoms with E-state index in [9.17, 15) is 9.18 Å². The topological polar surface area (TPSA) is 29.1 Å². The van der Waals surface area contributed by atoms with Crippen molar-refractivity contribution in [1.29, 1.82) is 0 Å². The molecule has 0 radical (unpaired) electrons. The lowest BCUT2D eigenvalue weighted by atomic mass is 9.83. The molecular formula is C18H16FNO. The summed E-state index contributed by atoms with van der Waals surface area (Å²) < 4.78 is 13.1. The van der Waals surface area contributed by atoms with E-state index in [0.717, 1.165) is 24.1 Å². The lowest BCUT2D eigenvalue weighted by Crippen LogP contribution is -2.23. The number of nitrogens with one attached hydrogen (secondary N) is 1. The molecule has 1 atom stereocenters. The van der Waals surface area contributed by atoms with Gasteiger partial charge >= 0.3 is 0 Å². The molecule has 1 aliphatic carbocycles. The number of aryl methyl sites for hydroxylation is 2. The van der Waals surface area contributed by atoms with Gasteiger partial charge in [-0.2, -0.15) is 0 Å². The summed E-state index contributed by atoms with van der Waals surface area (Å²) in [7, 11) is 0. The van der Waals surface area contributed by atoms with Crippen LogP contribution in [0.15, 0.2) is 36.4 Å². The maximum absolute atomic E-state index is 13.1. The minimum absolute atomic E-state index is 0.0280. The Morgan fingerprint density at radius 2 is 1.76 bits per heavy atom. The van der Waals surface area contributed by atoms with Gasteiger partial charge in [0.05, 0.1) is 0 Å². The molecule has 2 nitrogen and oxygen atoms in total. The highest BCUT2D eigenvalue weighted by Gasteiger charge is 2.28. The Morgan fingerprint density at radius 3 is 2.52 bits per heavy atom. The predicted molar refractivity (Wildman–Crippen MR) is 80.0 cm³/mol. The van der Waals surface area contributed by atoms with Gasteiger partial charge in [-0.05, 0) is 59.7 Å². The fourth-order valence-electron chi connectivity index (χ4n) is 3.53. The largest absolute Gasteiger partial charge is 0.326 e. The lowest BCUT2D eigenvalue weighted by molar-refractivity contribution is -0.116. The molecule has 2 aromatic rings. The second-order valence-corrected chi connectivity index (χ2v) is 5.92. The molecule has 2 aliphatic rings. The Labute approximate surface area is 123 Å². The molecule has 4 rings (SSSR count). The smallest absolute Gasteiger partial charge is 0.225 e. The van der Waals surface area contributed by atoms with Crippen LogP contribution in [0.4, 0.5) is 10.1 Å². The molecule has 0 spiro atoms. The van der Waals surface area contributed by atoms with Crippen molar-refractivity contribution in [3.05, 3.63) is 64.5 Å². The Kier molecular flexibility index (Phi) is 2.81. The zero-order chi connectivity index (χ0) is 14.4. The quantitative estimate of drug-likeness (QED) is 0.846. The van der Waals surface area contributed by atoms with Crippen molar-refractivity contribution in [2.75, 3.05) is 5.32 Å². The fourth-order valence-corrected chi connectivity index (χ4v) is 3.53. The van der Waals surface area contributed by atoms with Gasteiger partial charge < -0.3 is 5.32 Å². The molecule has 0 saturated heterocycles. The maximum atomic E-state index is 13.1. The zero-order valence-electron chi connectivity index (χ0n) is 11.7. The van der Waals surface area contributed by atoms with Gasteiger partial charge in [-0.15, -0.1) is 0 Å². The standard InChI is InChI=1S/C18H16FNO/c19-14-6-4-11(5-7-14)15-10-18(21)20-17-9-13-3-1-2-12(13)8-16(15)17/h4-9,15H,1-3,10H2,(H,20,21)/t15-/m1/s1. The third kappa shape index (κ3) is 2.13. The number of benzene rings is 2. The molecule has 1 N–H and O–H groups in total. The van der Waals surface area contributed by atoms with Crippen molar-refractivity contribution >= 4 is 11.6 Å². The van der Waals surface area contributed by atoms with E-state index in [1.54, 1.807) is 12.1 Å². The van der Waals surface area contributed by atoms with E-state index < -0.39 is 0 Å². The summed E-state index contributed by atoms with van der Waals surface area (Å²) in [6, 6.07) is 10.9. The van der Waals surface area contributed by atoms with Gasteiger partial charge in [0.15, 0.2) is 0 Å². The predicted octanol–water partition coefficient (Wildman–Crippen LogP) is 3.79. The maximum Gasteiger partial charge on any atom is 0.225 e. The first-order valence-corrected chi connectivity index (χ1v) is 7.42. The summed E-state index contributed by atoms with van der Waals surface area (Å²) in [5.41, 5.74) is 5.86. The van der Waals surface area contributed by atoms with Crippen molar-refractivity contribution in [3.8, 4) is 0 Å². The summed E-state index contributed by atoms with van der Waals surface area (Å²) in [6.45, 7) is 0. The van der Waals surface area contributed by atoms with Crippen molar-refractivity contribution < 1.29 is 9.18 Å². The van der Waals surface area contributed by atoms with E-state index in [-0.39, 0.29) is 17.6 Å². The molecule has 1 amide bonds. The third-order valence-electron chi connectivity index (χ3n) is 4.58. The van der Waals surface area contributed by atoms with Crippen LogP contribution < -0.4 is 5.32 Å². The molecule has 0 saturated carbocycles. The number of amides is 1.